The molecule has 0 bridgehead atoms. The topological polar surface area (TPSA) is 87.2 Å². The van der Waals surface area contributed by atoms with Crippen LogP contribution in [-0.2, 0) is 10.0 Å². The number of nitrogens with one attached hydrogen (secondary N) is 1. The average Bonchev–Trinajstić information content (AvgIpc) is 2.94. The summed E-state index contributed by atoms with van der Waals surface area (Å²) in [5.74, 6) is 0.945. The van der Waals surface area contributed by atoms with Gasteiger partial charge in [0.15, 0.2) is 0 Å². The molecule has 0 saturated heterocycles. The summed E-state index contributed by atoms with van der Waals surface area (Å²) < 4.78 is 25.8. The van der Waals surface area contributed by atoms with Crippen molar-refractivity contribution in [3.63, 3.8) is 0 Å². The maximum atomic E-state index is 12.1. The van der Waals surface area contributed by atoms with Gasteiger partial charge < -0.3 is 5.73 Å². The normalized spacial score (nSPS) is 16.7. The molecule has 1 aliphatic rings. The molecule has 0 spiro atoms. The van der Waals surface area contributed by atoms with Crippen LogP contribution in [-0.4, -0.2) is 37.4 Å². The molecule has 0 aromatic carbocycles. The largest absolute Gasteiger partial charge is 0.388 e. The second kappa shape index (κ2) is 5.82. The predicted octanol–water partition coefficient (Wildman–Crippen LogP) is 1.01. The highest BCUT2D eigenvalue weighted by Gasteiger charge is 2.32. The Kier molecular flexibility index (Phi) is 4.94. The van der Waals surface area contributed by atoms with Crippen molar-refractivity contribution in [3.05, 3.63) is 0 Å². The van der Waals surface area contributed by atoms with Crippen LogP contribution < -0.4 is 5.73 Å². The van der Waals surface area contributed by atoms with Crippen LogP contribution in [0.1, 0.15) is 33.1 Å². The minimum Gasteiger partial charge on any atom is -0.388 e. The molecule has 0 heterocycles. The molecule has 0 unspecified atom stereocenters. The van der Waals surface area contributed by atoms with Gasteiger partial charge in [0.2, 0.25) is 10.0 Å². The van der Waals surface area contributed by atoms with E-state index in [1.165, 1.54) is 4.31 Å². The Morgan fingerprint density at radius 1 is 1.47 bits per heavy atom. The molecular weight excluding hydrogens is 238 g/mol. The summed E-state index contributed by atoms with van der Waals surface area (Å²) in [5, 5.41) is 7.18. The number of sulfonamides is 1. The van der Waals surface area contributed by atoms with E-state index in [2.05, 4.69) is 0 Å². The number of rotatable bonds is 8. The summed E-state index contributed by atoms with van der Waals surface area (Å²) in [7, 11) is -3.17. The first-order chi connectivity index (χ1) is 7.81. The summed E-state index contributed by atoms with van der Waals surface area (Å²) >= 11 is 0. The molecule has 3 N–H and O–H groups in total. The van der Waals surface area contributed by atoms with Crippen molar-refractivity contribution in [2.45, 2.75) is 33.1 Å². The van der Waals surface area contributed by atoms with E-state index in [1.807, 2.05) is 13.8 Å². The van der Waals surface area contributed by atoms with Crippen molar-refractivity contribution in [1.82, 2.24) is 4.31 Å². The Hall–Kier alpha value is -0.620. The van der Waals surface area contributed by atoms with E-state index in [-0.39, 0.29) is 17.5 Å². The van der Waals surface area contributed by atoms with Gasteiger partial charge in [0.25, 0.3) is 0 Å². The Labute approximate surface area is 104 Å². The minimum atomic E-state index is -3.17. The van der Waals surface area contributed by atoms with E-state index >= 15 is 0 Å². The molecule has 1 aliphatic carbocycles. The third-order valence-corrected chi connectivity index (χ3v) is 4.75. The van der Waals surface area contributed by atoms with Gasteiger partial charge in [0.05, 0.1) is 11.6 Å². The molecule has 0 aliphatic heterocycles. The number of nitrogens with zero attached hydrogens (tertiary/aromatic N) is 1. The van der Waals surface area contributed by atoms with E-state index in [4.69, 9.17) is 11.1 Å². The first-order valence-electron chi connectivity index (χ1n) is 6.12. The fraction of sp³-hybridized carbons (Fsp3) is 0.909. The Balaban J connectivity index is 2.61. The molecule has 0 atom stereocenters. The smallest absolute Gasteiger partial charge is 0.214 e. The van der Waals surface area contributed by atoms with E-state index in [1.54, 1.807) is 0 Å². The molecule has 0 radical (unpaired) electrons. The quantitative estimate of drug-likeness (QED) is 0.505. The van der Waals surface area contributed by atoms with Crippen LogP contribution in [0.5, 0.6) is 0 Å². The number of hydrogen-bond acceptors (Lipinski definition) is 3. The van der Waals surface area contributed by atoms with Gasteiger partial charge in [-0.3, -0.25) is 5.41 Å². The zero-order valence-corrected chi connectivity index (χ0v) is 11.5. The van der Waals surface area contributed by atoms with E-state index < -0.39 is 10.0 Å². The van der Waals surface area contributed by atoms with E-state index in [0.29, 0.717) is 25.4 Å². The summed E-state index contributed by atoms with van der Waals surface area (Å²) in [6.07, 6.45) is 2.37. The lowest BCUT2D eigenvalue weighted by atomic mass is 10.2. The van der Waals surface area contributed by atoms with Crippen LogP contribution in [0.4, 0.5) is 0 Å². The molecule has 1 saturated carbocycles. The number of nitrogens with two attached hydrogens (primary N) is 1. The lowest BCUT2D eigenvalue weighted by Crippen LogP contribution is -2.38. The van der Waals surface area contributed by atoms with Gasteiger partial charge >= 0.3 is 0 Å². The van der Waals surface area contributed by atoms with Gasteiger partial charge in [-0.15, -0.1) is 0 Å². The molecule has 1 rings (SSSR count). The van der Waals surface area contributed by atoms with Crippen molar-refractivity contribution < 1.29 is 8.42 Å². The monoisotopic (exact) mass is 261 g/mol. The van der Waals surface area contributed by atoms with Gasteiger partial charge in [-0.05, 0) is 24.7 Å². The molecule has 1 fully saturated rings. The molecule has 6 heteroatoms. The average molecular weight is 261 g/mol. The van der Waals surface area contributed by atoms with E-state index in [9.17, 15) is 8.42 Å². The second-order valence-corrected chi connectivity index (χ2v) is 7.26. The first kappa shape index (κ1) is 14.4. The third kappa shape index (κ3) is 5.50. The van der Waals surface area contributed by atoms with Gasteiger partial charge in [-0.1, -0.05) is 13.8 Å². The summed E-state index contributed by atoms with van der Waals surface area (Å²) in [6.45, 7) is 4.84. The summed E-state index contributed by atoms with van der Waals surface area (Å²) in [6, 6.07) is 0. The molecule has 5 nitrogen and oxygen atoms in total. The lowest BCUT2D eigenvalue weighted by Gasteiger charge is -2.23. The summed E-state index contributed by atoms with van der Waals surface area (Å²) in [4.78, 5) is 0. The Morgan fingerprint density at radius 3 is 2.47 bits per heavy atom. The molecular formula is C11H23N3O2S. The van der Waals surface area contributed by atoms with Crippen LogP contribution in [0.2, 0.25) is 0 Å². The van der Waals surface area contributed by atoms with Crippen LogP contribution >= 0.6 is 0 Å². The van der Waals surface area contributed by atoms with Crippen LogP contribution in [0.15, 0.2) is 0 Å². The molecule has 0 aromatic rings. The highest BCUT2D eigenvalue weighted by atomic mass is 32.2. The number of amidine groups is 1. The number of hydrogen-bond donors (Lipinski definition) is 2. The van der Waals surface area contributed by atoms with Gasteiger partial charge in [0.1, 0.15) is 0 Å². The minimum absolute atomic E-state index is 0.0420. The van der Waals surface area contributed by atoms with Crippen molar-refractivity contribution >= 4 is 15.9 Å². The van der Waals surface area contributed by atoms with Gasteiger partial charge in [0, 0.05) is 19.5 Å². The first-order valence-corrected chi connectivity index (χ1v) is 7.73. The Morgan fingerprint density at radius 2 is 2.06 bits per heavy atom. The SMILES string of the molecule is CC(C)CN(CCC(=N)N)S(=O)(=O)CC1CC1. The highest BCUT2D eigenvalue weighted by molar-refractivity contribution is 7.89. The van der Waals surface area contributed by atoms with Crippen molar-refractivity contribution in [2.75, 3.05) is 18.8 Å². The standard InChI is InChI=1S/C11H23N3O2S/c1-9(2)7-14(6-5-11(12)13)17(15,16)8-10-3-4-10/h9-10H,3-8H2,1-2H3,(H3,12,13). The van der Waals surface area contributed by atoms with Gasteiger partial charge in [-0.2, -0.15) is 0 Å². The Bertz CT molecular complexity index is 361. The van der Waals surface area contributed by atoms with Crippen LogP contribution in [0.3, 0.4) is 0 Å². The second-order valence-electron chi connectivity index (χ2n) is 5.25. The molecule has 0 aromatic heterocycles. The fourth-order valence-corrected chi connectivity index (χ4v) is 3.72. The maximum absolute atomic E-state index is 12.1. The maximum Gasteiger partial charge on any atom is 0.214 e. The fourth-order valence-electron chi connectivity index (χ4n) is 1.68. The van der Waals surface area contributed by atoms with Gasteiger partial charge in [-0.25, -0.2) is 12.7 Å². The molecule has 17 heavy (non-hydrogen) atoms. The van der Waals surface area contributed by atoms with Crippen LogP contribution in [0, 0.1) is 17.2 Å². The molecule has 0 amide bonds. The zero-order chi connectivity index (χ0) is 13.1. The van der Waals surface area contributed by atoms with Crippen molar-refractivity contribution in [2.24, 2.45) is 17.6 Å². The van der Waals surface area contributed by atoms with E-state index in [0.717, 1.165) is 12.8 Å². The zero-order valence-electron chi connectivity index (χ0n) is 10.6. The summed E-state index contributed by atoms with van der Waals surface area (Å²) in [5.41, 5.74) is 5.29. The third-order valence-electron chi connectivity index (χ3n) is 2.74. The van der Waals surface area contributed by atoms with Crippen molar-refractivity contribution in [3.8, 4) is 0 Å². The lowest BCUT2D eigenvalue weighted by molar-refractivity contribution is 0.373. The van der Waals surface area contributed by atoms with Crippen LogP contribution in [0.25, 0.3) is 0 Å². The highest BCUT2D eigenvalue weighted by Crippen LogP contribution is 2.31. The van der Waals surface area contributed by atoms with Crippen molar-refractivity contribution in [1.29, 1.82) is 5.41 Å². The molecule has 100 valence electrons. The predicted molar refractivity (Wildman–Crippen MR) is 69.5 cm³/mol.